The minimum absolute atomic E-state index is 0.0772. The first kappa shape index (κ1) is 19.3. The molecule has 4 rings (SSSR count). The number of halogens is 1. The Morgan fingerprint density at radius 1 is 1.34 bits per heavy atom. The molecule has 1 aliphatic heterocycles. The number of nitrogens with one attached hydrogen (secondary N) is 1. The number of fused-ring (bicyclic) bond motifs is 1. The van der Waals surface area contributed by atoms with Crippen molar-refractivity contribution in [2.45, 2.75) is 31.9 Å². The van der Waals surface area contributed by atoms with Crippen LogP contribution >= 0.6 is 0 Å². The number of amides is 1. The minimum atomic E-state index is -0.347. The summed E-state index contributed by atoms with van der Waals surface area (Å²) in [5, 5.41) is 2.98. The number of hydrogen-bond donors (Lipinski definition) is 1. The Bertz CT molecular complexity index is 1020. The summed E-state index contributed by atoms with van der Waals surface area (Å²) in [7, 11) is 1.70. The van der Waals surface area contributed by atoms with Crippen molar-refractivity contribution in [3.8, 4) is 0 Å². The molecule has 0 saturated carbocycles. The molecule has 1 aliphatic rings. The minimum Gasteiger partial charge on any atom is -0.380 e. The number of anilines is 1. The summed E-state index contributed by atoms with van der Waals surface area (Å²) < 4.78 is 20.4. The molecule has 8 nitrogen and oxygen atoms in total. The lowest BCUT2D eigenvalue weighted by atomic mass is 10.2. The van der Waals surface area contributed by atoms with Crippen LogP contribution in [0.25, 0.3) is 5.65 Å². The van der Waals surface area contributed by atoms with Gasteiger partial charge in [-0.3, -0.25) is 4.79 Å². The molecule has 1 fully saturated rings. The number of pyridine rings is 1. The predicted octanol–water partition coefficient (Wildman–Crippen LogP) is 1.52. The molecule has 3 aromatic rings. The summed E-state index contributed by atoms with van der Waals surface area (Å²) in [6.45, 7) is 3.11. The predicted molar refractivity (Wildman–Crippen MR) is 105 cm³/mol. The zero-order valence-electron chi connectivity index (χ0n) is 16.4. The lowest BCUT2D eigenvalue weighted by Gasteiger charge is -2.25. The maximum Gasteiger partial charge on any atom is 0.226 e. The van der Waals surface area contributed by atoms with Crippen molar-refractivity contribution in [2.75, 3.05) is 25.1 Å². The van der Waals surface area contributed by atoms with E-state index in [-0.39, 0.29) is 30.3 Å². The Labute approximate surface area is 167 Å². The maximum atomic E-state index is 13.3. The largest absolute Gasteiger partial charge is 0.380 e. The van der Waals surface area contributed by atoms with Gasteiger partial charge in [0.25, 0.3) is 0 Å². The lowest BCUT2D eigenvalue weighted by Crippen LogP contribution is -2.41. The van der Waals surface area contributed by atoms with Gasteiger partial charge >= 0.3 is 0 Å². The van der Waals surface area contributed by atoms with Crippen LogP contribution in [0.5, 0.6) is 0 Å². The summed E-state index contributed by atoms with van der Waals surface area (Å²) >= 11 is 0. The van der Waals surface area contributed by atoms with E-state index in [0.29, 0.717) is 24.4 Å². The molecule has 0 radical (unpaired) electrons. The van der Waals surface area contributed by atoms with Crippen LogP contribution in [-0.2, 0) is 16.0 Å². The van der Waals surface area contributed by atoms with Gasteiger partial charge in [-0.2, -0.15) is 0 Å². The number of imidazole rings is 1. The molecule has 0 aromatic carbocycles. The molecular formula is C20H23FN6O2. The second kappa shape index (κ2) is 8.12. The summed E-state index contributed by atoms with van der Waals surface area (Å²) in [5.74, 6) is 0.354. The third-order valence-electron chi connectivity index (χ3n) is 5.13. The van der Waals surface area contributed by atoms with E-state index in [0.717, 1.165) is 17.9 Å². The second-order valence-electron chi connectivity index (χ2n) is 7.24. The van der Waals surface area contributed by atoms with Crippen LogP contribution in [0.4, 0.5) is 10.2 Å². The van der Waals surface area contributed by atoms with E-state index in [1.54, 1.807) is 30.1 Å². The molecule has 0 bridgehead atoms. The molecular weight excluding hydrogens is 375 g/mol. The van der Waals surface area contributed by atoms with Gasteiger partial charge in [-0.1, -0.05) is 0 Å². The first-order chi connectivity index (χ1) is 14.0. The number of hydrogen-bond acceptors (Lipinski definition) is 6. The van der Waals surface area contributed by atoms with Gasteiger partial charge in [0, 0.05) is 44.4 Å². The number of carbonyl (C=O) groups excluding carboxylic acids is 1. The van der Waals surface area contributed by atoms with Crippen molar-refractivity contribution in [3.63, 3.8) is 0 Å². The molecule has 1 amide bonds. The lowest BCUT2D eigenvalue weighted by molar-refractivity contribution is -0.120. The van der Waals surface area contributed by atoms with Crippen molar-refractivity contribution in [1.29, 1.82) is 0 Å². The zero-order chi connectivity index (χ0) is 20.4. The van der Waals surface area contributed by atoms with E-state index in [9.17, 15) is 9.18 Å². The molecule has 0 unspecified atom stereocenters. The molecule has 152 valence electrons. The molecule has 4 heterocycles. The summed E-state index contributed by atoms with van der Waals surface area (Å²) in [6.07, 6.45) is 5.58. The van der Waals surface area contributed by atoms with E-state index >= 15 is 0 Å². The van der Waals surface area contributed by atoms with Gasteiger partial charge in [0.15, 0.2) is 0 Å². The molecule has 2 atom stereocenters. The van der Waals surface area contributed by atoms with Crippen molar-refractivity contribution in [3.05, 3.63) is 54.1 Å². The third-order valence-corrected chi connectivity index (χ3v) is 5.13. The molecule has 9 heteroatoms. The maximum absolute atomic E-state index is 13.3. The second-order valence-corrected chi connectivity index (χ2v) is 7.24. The Morgan fingerprint density at radius 3 is 3.00 bits per heavy atom. The number of rotatable bonds is 6. The van der Waals surface area contributed by atoms with Crippen LogP contribution in [0.1, 0.15) is 17.8 Å². The van der Waals surface area contributed by atoms with Crippen molar-refractivity contribution >= 4 is 17.4 Å². The number of nitrogens with zero attached hydrogens (tertiary/aromatic N) is 5. The third kappa shape index (κ3) is 4.34. The van der Waals surface area contributed by atoms with Crippen molar-refractivity contribution in [1.82, 2.24) is 24.7 Å². The molecule has 3 aromatic heterocycles. The van der Waals surface area contributed by atoms with Crippen LogP contribution in [0, 0.1) is 12.7 Å². The van der Waals surface area contributed by atoms with Crippen LogP contribution in [0.3, 0.4) is 0 Å². The molecule has 1 N–H and O–H groups in total. The Kier molecular flexibility index (Phi) is 5.39. The Hall–Kier alpha value is -3.07. The van der Waals surface area contributed by atoms with E-state index < -0.39 is 0 Å². The normalized spacial score (nSPS) is 19.1. The molecule has 29 heavy (non-hydrogen) atoms. The molecule has 1 saturated heterocycles. The van der Waals surface area contributed by atoms with Gasteiger partial charge in [0.1, 0.15) is 23.6 Å². The van der Waals surface area contributed by atoms with Crippen LogP contribution in [0.2, 0.25) is 0 Å². The quantitative estimate of drug-likeness (QED) is 0.678. The Balaban J connectivity index is 1.40. The summed E-state index contributed by atoms with van der Waals surface area (Å²) in [4.78, 5) is 27.5. The number of aromatic nitrogens is 4. The van der Waals surface area contributed by atoms with E-state index in [2.05, 4.69) is 25.2 Å². The highest BCUT2D eigenvalue weighted by atomic mass is 19.1. The SMILES string of the molecule is CO[C@@H]1C[C@H](CNC(=O)Cc2cn3cc(F)ccc3n2)N(c2cc(C)ncn2)C1. The highest BCUT2D eigenvalue weighted by Gasteiger charge is 2.33. The standard InChI is InChI=1S/C20H23FN6O2/c1-13-5-19(24-12-23-13)27-11-17(29-2)7-16(27)8-22-20(28)6-15-10-26-9-14(21)3-4-18(26)25-15/h3-5,9-10,12,16-17H,6-8,11H2,1-2H3,(H,22,28)/t16-,17-/m1/s1. The number of carbonyl (C=O) groups is 1. The van der Waals surface area contributed by atoms with Crippen LogP contribution in [0.15, 0.2) is 36.9 Å². The Morgan fingerprint density at radius 2 is 2.21 bits per heavy atom. The van der Waals surface area contributed by atoms with Crippen LogP contribution in [-0.4, -0.2) is 57.6 Å². The fraction of sp³-hybridized carbons (Fsp3) is 0.400. The van der Waals surface area contributed by atoms with Crippen LogP contribution < -0.4 is 10.2 Å². The zero-order valence-corrected chi connectivity index (χ0v) is 16.4. The number of ether oxygens (including phenoxy) is 1. The van der Waals surface area contributed by atoms with Crippen molar-refractivity contribution in [2.24, 2.45) is 0 Å². The van der Waals surface area contributed by atoms with E-state index in [4.69, 9.17) is 4.74 Å². The highest BCUT2D eigenvalue weighted by Crippen LogP contribution is 2.25. The first-order valence-corrected chi connectivity index (χ1v) is 9.49. The van der Waals surface area contributed by atoms with Crippen molar-refractivity contribution < 1.29 is 13.9 Å². The van der Waals surface area contributed by atoms with Gasteiger partial charge in [-0.25, -0.2) is 19.3 Å². The van der Waals surface area contributed by atoms with Gasteiger partial charge in [0.05, 0.1) is 24.3 Å². The van der Waals surface area contributed by atoms with E-state index in [1.165, 1.54) is 12.3 Å². The smallest absolute Gasteiger partial charge is 0.226 e. The van der Waals surface area contributed by atoms with Gasteiger partial charge in [-0.05, 0) is 25.5 Å². The highest BCUT2D eigenvalue weighted by molar-refractivity contribution is 5.78. The fourth-order valence-electron chi connectivity index (χ4n) is 3.68. The monoisotopic (exact) mass is 398 g/mol. The fourth-order valence-corrected chi connectivity index (χ4v) is 3.68. The topological polar surface area (TPSA) is 84.6 Å². The summed E-state index contributed by atoms with van der Waals surface area (Å²) in [5.41, 5.74) is 2.10. The first-order valence-electron chi connectivity index (χ1n) is 9.49. The summed E-state index contributed by atoms with van der Waals surface area (Å²) in [6, 6.07) is 4.94. The average molecular weight is 398 g/mol. The van der Waals surface area contributed by atoms with Gasteiger partial charge in [-0.15, -0.1) is 0 Å². The van der Waals surface area contributed by atoms with E-state index in [1.807, 2.05) is 13.0 Å². The number of methoxy groups -OCH3 is 1. The molecule has 0 aliphatic carbocycles. The number of aryl methyl sites for hydroxylation is 1. The molecule has 0 spiro atoms. The van der Waals surface area contributed by atoms with Gasteiger partial charge < -0.3 is 19.4 Å². The average Bonchev–Trinajstić information content (AvgIpc) is 3.29. The van der Waals surface area contributed by atoms with Gasteiger partial charge in [0.2, 0.25) is 5.91 Å².